The summed E-state index contributed by atoms with van der Waals surface area (Å²) in [7, 11) is 4.61. The highest BCUT2D eigenvalue weighted by atomic mass is 16.5. The van der Waals surface area contributed by atoms with Gasteiger partial charge in [0.2, 0.25) is 5.91 Å². The van der Waals surface area contributed by atoms with Crippen molar-refractivity contribution in [1.82, 2.24) is 15.5 Å². The van der Waals surface area contributed by atoms with E-state index in [4.69, 9.17) is 23.7 Å². The molecule has 4 bridgehead atoms. The summed E-state index contributed by atoms with van der Waals surface area (Å²) in [5.74, 6) is 1.70. The Labute approximate surface area is 250 Å². The molecule has 3 heterocycles. The van der Waals surface area contributed by atoms with Crippen LogP contribution in [0.15, 0.2) is 60.7 Å². The van der Waals surface area contributed by atoms with Crippen molar-refractivity contribution in [3.63, 3.8) is 0 Å². The van der Waals surface area contributed by atoms with Gasteiger partial charge in [0, 0.05) is 43.2 Å². The fourth-order valence-electron chi connectivity index (χ4n) is 5.15. The number of benzene rings is 3. The predicted octanol–water partition coefficient (Wildman–Crippen LogP) is 2.74. The normalized spacial score (nSPS) is 18.6. The van der Waals surface area contributed by atoms with Gasteiger partial charge < -0.3 is 39.2 Å². The Kier molecular flexibility index (Phi) is 9.19. The third-order valence-corrected chi connectivity index (χ3v) is 7.54. The molecule has 0 aromatic heterocycles. The molecule has 3 aromatic rings. The van der Waals surface area contributed by atoms with Crippen molar-refractivity contribution < 1.29 is 38.1 Å². The number of nitrogens with one attached hydrogen (secondary N) is 2. The second kappa shape index (κ2) is 13.4. The molecule has 3 aliphatic heterocycles. The molecule has 0 aliphatic carbocycles. The lowest BCUT2D eigenvalue weighted by atomic mass is 9.99. The molecule has 11 heteroatoms. The first-order valence-corrected chi connectivity index (χ1v) is 14.0. The number of ether oxygens (including phenoxy) is 5. The van der Waals surface area contributed by atoms with Crippen LogP contribution in [0.1, 0.15) is 27.9 Å². The lowest BCUT2D eigenvalue weighted by Gasteiger charge is -2.39. The molecule has 226 valence electrons. The summed E-state index contributed by atoms with van der Waals surface area (Å²) in [4.78, 5) is 41.1. The van der Waals surface area contributed by atoms with Crippen LogP contribution in [0.5, 0.6) is 28.7 Å². The number of likely N-dealkylation sites (tertiary alicyclic amines) is 1. The highest BCUT2D eigenvalue weighted by Crippen LogP contribution is 2.29. The Balaban J connectivity index is 1.40. The number of hydrogen-bond acceptors (Lipinski definition) is 8. The summed E-state index contributed by atoms with van der Waals surface area (Å²) >= 11 is 0. The molecule has 3 aromatic carbocycles. The zero-order chi connectivity index (χ0) is 30.3. The number of carbonyl (C=O) groups excluding carboxylic acids is 3. The fourth-order valence-corrected chi connectivity index (χ4v) is 5.15. The minimum absolute atomic E-state index is 0.0961. The van der Waals surface area contributed by atoms with Gasteiger partial charge in [0.05, 0.1) is 33.8 Å². The van der Waals surface area contributed by atoms with Crippen LogP contribution in [0.25, 0.3) is 0 Å². The van der Waals surface area contributed by atoms with E-state index in [0.29, 0.717) is 48.1 Å². The van der Waals surface area contributed by atoms with E-state index in [1.54, 1.807) is 43.4 Å². The molecule has 1 saturated heterocycles. The van der Waals surface area contributed by atoms with Crippen LogP contribution in [-0.4, -0.2) is 75.8 Å². The van der Waals surface area contributed by atoms with Gasteiger partial charge in [-0.25, -0.2) is 0 Å². The molecular formula is C32H35N3O8. The van der Waals surface area contributed by atoms with Gasteiger partial charge in [-0.3, -0.25) is 14.4 Å². The lowest BCUT2D eigenvalue weighted by Crippen LogP contribution is -2.58. The molecule has 0 unspecified atom stereocenters. The number of methoxy groups -OCH3 is 3. The molecule has 0 saturated carbocycles. The Hall–Kier alpha value is -4.93. The maximum Gasteiger partial charge on any atom is 0.258 e. The number of amides is 3. The molecule has 1 fully saturated rings. The first-order valence-electron chi connectivity index (χ1n) is 14.0. The minimum Gasteiger partial charge on any atom is -0.497 e. The number of rotatable bonds is 5. The third-order valence-electron chi connectivity index (χ3n) is 7.54. The standard InChI is InChI=1S/C32H35N3O8/c1-39-24-10-6-21(28(16-24)41-3)15-31(37)35-13-12-26-25(18-35)34-32(38)22-7-11-27(40-2)29(14-22)42-19-30(36)33-17-20-4-8-23(43-26)9-5-20/h4-11,14,16,25-26H,12-13,15,17-19H2,1-3H3,(H,33,36)(H,34,38)/t25-,26+/m0/s1. The molecule has 11 nitrogen and oxygen atoms in total. The van der Waals surface area contributed by atoms with Gasteiger partial charge in [-0.05, 0) is 42.0 Å². The molecular weight excluding hydrogens is 554 g/mol. The Morgan fingerprint density at radius 2 is 1.74 bits per heavy atom. The first kappa shape index (κ1) is 29.6. The topological polar surface area (TPSA) is 125 Å². The van der Waals surface area contributed by atoms with Crippen molar-refractivity contribution in [3.8, 4) is 28.7 Å². The molecule has 43 heavy (non-hydrogen) atoms. The average Bonchev–Trinajstić information content (AvgIpc) is 3.03. The number of fused-ring (bicyclic) bond motifs is 7. The zero-order valence-corrected chi connectivity index (χ0v) is 24.4. The minimum atomic E-state index is -0.506. The predicted molar refractivity (Wildman–Crippen MR) is 157 cm³/mol. The summed E-state index contributed by atoms with van der Waals surface area (Å²) in [6, 6.07) is 17.0. The number of carbonyl (C=O) groups is 3. The van der Waals surface area contributed by atoms with Gasteiger partial charge in [0.25, 0.3) is 11.8 Å². The van der Waals surface area contributed by atoms with Crippen LogP contribution in [0.3, 0.4) is 0 Å². The van der Waals surface area contributed by atoms with Gasteiger partial charge in [-0.2, -0.15) is 0 Å². The van der Waals surface area contributed by atoms with Crippen LogP contribution in [0.2, 0.25) is 0 Å². The second-order valence-corrected chi connectivity index (χ2v) is 10.3. The number of piperidine rings is 1. The van der Waals surface area contributed by atoms with Gasteiger partial charge in [-0.1, -0.05) is 18.2 Å². The summed E-state index contributed by atoms with van der Waals surface area (Å²) in [6.07, 6.45) is 0.247. The molecule has 0 spiro atoms. The van der Waals surface area contributed by atoms with Crippen molar-refractivity contribution in [2.45, 2.75) is 31.5 Å². The van der Waals surface area contributed by atoms with Crippen LogP contribution in [0, 0.1) is 0 Å². The quantitative estimate of drug-likeness (QED) is 0.466. The maximum atomic E-state index is 13.5. The molecule has 6 rings (SSSR count). The smallest absolute Gasteiger partial charge is 0.258 e. The SMILES string of the molecule is COc1ccc(CC(=O)N2CC[C@H]3Oc4ccc(cc4)CNC(=O)COc4cc(ccc4OC)C(=O)N[C@H]3C2)c(OC)c1. The zero-order valence-electron chi connectivity index (χ0n) is 24.4. The first-order chi connectivity index (χ1) is 20.9. The Morgan fingerprint density at radius 3 is 2.49 bits per heavy atom. The molecule has 2 atom stereocenters. The summed E-state index contributed by atoms with van der Waals surface area (Å²) in [5.41, 5.74) is 1.95. The van der Waals surface area contributed by atoms with E-state index in [9.17, 15) is 14.4 Å². The van der Waals surface area contributed by atoms with Crippen LogP contribution < -0.4 is 34.3 Å². The molecule has 0 radical (unpaired) electrons. The molecule has 2 N–H and O–H groups in total. The highest BCUT2D eigenvalue weighted by Gasteiger charge is 2.34. The van der Waals surface area contributed by atoms with Crippen molar-refractivity contribution in [2.24, 2.45) is 0 Å². The number of nitrogens with zero attached hydrogens (tertiary/aromatic N) is 1. The van der Waals surface area contributed by atoms with E-state index in [1.807, 2.05) is 30.3 Å². The van der Waals surface area contributed by atoms with Gasteiger partial charge in [0.1, 0.15) is 23.4 Å². The van der Waals surface area contributed by atoms with Crippen LogP contribution in [-0.2, 0) is 22.6 Å². The third kappa shape index (κ3) is 7.11. The molecule has 3 aliphatic rings. The Morgan fingerprint density at radius 1 is 0.953 bits per heavy atom. The summed E-state index contributed by atoms with van der Waals surface area (Å²) < 4.78 is 28.2. The van der Waals surface area contributed by atoms with E-state index >= 15 is 0 Å². The van der Waals surface area contributed by atoms with Crippen molar-refractivity contribution >= 4 is 17.7 Å². The van der Waals surface area contributed by atoms with Crippen LogP contribution >= 0.6 is 0 Å². The summed E-state index contributed by atoms with van der Waals surface area (Å²) in [6.45, 7) is 0.786. The molecule has 3 amide bonds. The maximum absolute atomic E-state index is 13.5. The second-order valence-electron chi connectivity index (χ2n) is 10.3. The largest absolute Gasteiger partial charge is 0.497 e. The lowest BCUT2D eigenvalue weighted by molar-refractivity contribution is -0.133. The van der Waals surface area contributed by atoms with Crippen molar-refractivity contribution in [3.05, 3.63) is 77.4 Å². The van der Waals surface area contributed by atoms with E-state index in [-0.39, 0.29) is 43.0 Å². The highest BCUT2D eigenvalue weighted by molar-refractivity contribution is 5.95. The monoisotopic (exact) mass is 589 g/mol. The van der Waals surface area contributed by atoms with E-state index < -0.39 is 12.1 Å². The van der Waals surface area contributed by atoms with E-state index in [0.717, 1.165) is 11.1 Å². The fraction of sp³-hybridized carbons (Fsp3) is 0.344. The summed E-state index contributed by atoms with van der Waals surface area (Å²) in [5, 5.41) is 5.89. The van der Waals surface area contributed by atoms with E-state index in [2.05, 4.69) is 10.6 Å². The number of hydrogen-bond donors (Lipinski definition) is 2. The van der Waals surface area contributed by atoms with Crippen molar-refractivity contribution in [1.29, 1.82) is 0 Å². The van der Waals surface area contributed by atoms with Crippen molar-refractivity contribution in [2.75, 3.05) is 41.0 Å². The Bertz CT molecular complexity index is 1480. The van der Waals surface area contributed by atoms with Crippen LogP contribution in [0.4, 0.5) is 0 Å². The van der Waals surface area contributed by atoms with E-state index in [1.165, 1.54) is 13.2 Å². The average molecular weight is 590 g/mol. The van der Waals surface area contributed by atoms with Gasteiger partial charge in [-0.15, -0.1) is 0 Å². The van der Waals surface area contributed by atoms with Gasteiger partial charge >= 0.3 is 0 Å². The van der Waals surface area contributed by atoms with Gasteiger partial charge in [0.15, 0.2) is 18.1 Å².